The van der Waals surface area contributed by atoms with E-state index in [2.05, 4.69) is 37.8 Å². The summed E-state index contributed by atoms with van der Waals surface area (Å²) in [6.45, 7) is 3.41. The smallest absolute Gasteiger partial charge is 0.264 e. The maximum atomic E-state index is 13.2. The second-order valence-corrected chi connectivity index (χ2v) is 8.85. The van der Waals surface area contributed by atoms with Crippen LogP contribution in [0.3, 0.4) is 0 Å². The van der Waals surface area contributed by atoms with Gasteiger partial charge in [-0.25, -0.2) is 9.97 Å². The van der Waals surface area contributed by atoms with Crippen molar-refractivity contribution >= 4 is 46.2 Å². The molecule has 2 aliphatic heterocycles. The van der Waals surface area contributed by atoms with Crippen molar-refractivity contribution < 1.29 is 19.2 Å². The Morgan fingerprint density at radius 1 is 1.06 bits per heavy atom. The molecule has 5 rings (SSSR count). The number of carbonyl (C=O) groups is 4. The van der Waals surface area contributed by atoms with E-state index in [1.165, 1.54) is 11.9 Å². The van der Waals surface area contributed by atoms with Crippen molar-refractivity contribution in [1.29, 1.82) is 0 Å². The molecule has 11 heteroatoms. The fraction of sp³-hybridized carbons (Fsp3) is 0.360. The number of benzene rings is 1. The van der Waals surface area contributed by atoms with Crippen LogP contribution in [0.5, 0.6) is 0 Å². The van der Waals surface area contributed by atoms with Crippen LogP contribution in [0.15, 0.2) is 30.7 Å². The molecule has 11 nitrogen and oxygen atoms in total. The van der Waals surface area contributed by atoms with E-state index in [9.17, 15) is 19.2 Å². The summed E-state index contributed by atoms with van der Waals surface area (Å²) < 4.78 is 0. The first-order valence-electron chi connectivity index (χ1n) is 12.1. The van der Waals surface area contributed by atoms with Crippen LogP contribution in [0.4, 0.5) is 11.5 Å². The number of unbranched alkanes of at least 4 members (excludes halogenated alkanes) is 1. The highest BCUT2D eigenvalue weighted by Crippen LogP contribution is 2.32. The molecule has 1 fully saturated rings. The molecule has 0 spiro atoms. The number of piperidine rings is 1. The van der Waals surface area contributed by atoms with Crippen molar-refractivity contribution in [1.82, 2.24) is 25.2 Å². The van der Waals surface area contributed by atoms with Gasteiger partial charge in [-0.15, -0.1) is 0 Å². The van der Waals surface area contributed by atoms with Crippen LogP contribution < -0.4 is 16.0 Å². The number of fused-ring (bicyclic) bond motifs is 2. The largest absolute Gasteiger partial charge is 0.384 e. The summed E-state index contributed by atoms with van der Waals surface area (Å²) in [6.07, 6.45) is 6.27. The zero-order chi connectivity index (χ0) is 25.2. The second-order valence-electron chi connectivity index (χ2n) is 8.85. The second kappa shape index (κ2) is 9.76. The Labute approximate surface area is 207 Å². The zero-order valence-electron chi connectivity index (χ0n) is 19.9. The molecule has 0 radical (unpaired) electrons. The van der Waals surface area contributed by atoms with E-state index in [1.807, 2.05) is 6.20 Å². The first-order valence-corrected chi connectivity index (χ1v) is 12.1. The van der Waals surface area contributed by atoms with Crippen molar-refractivity contribution in [3.05, 3.63) is 47.4 Å². The predicted molar refractivity (Wildman–Crippen MR) is 133 cm³/mol. The van der Waals surface area contributed by atoms with Crippen molar-refractivity contribution in [2.75, 3.05) is 23.7 Å². The van der Waals surface area contributed by atoms with Gasteiger partial charge in [-0.05, 0) is 43.4 Å². The normalized spacial score (nSPS) is 17.5. The quantitative estimate of drug-likeness (QED) is 0.264. The Kier molecular flexibility index (Phi) is 6.36. The first kappa shape index (κ1) is 23.5. The Morgan fingerprint density at radius 2 is 1.86 bits per heavy atom. The van der Waals surface area contributed by atoms with Gasteiger partial charge >= 0.3 is 0 Å². The van der Waals surface area contributed by atoms with E-state index in [1.54, 1.807) is 18.2 Å². The Morgan fingerprint density at radius 3 is 2.64 bits per heavy atom. The number of amides is 4. The molecule has 4 N–H and O–H groups in total. The average molecular weight is 490 g/mol. The number of rotatable bonds is 9. The summed E-state index contributed by atoms with van der Waals surface area (Å²) in [4.78, 5) is 62.7. The van der Waals surface area contributed by atoms with Gasteiger partial charge in [-0.1, -0.05) is 13.0 Å². The summed E-state index contributed by atoms with van der Waals surface area (Å²) in [5.41, 5.74) is 3.08. The number of aryl methyl sites for hydroxylation is 1. The number of imide groups is 2. The third-order valence-electron chi connectivity index (χ3n) is 6.61. The molecule has 0 aliphatic carbocycles. The molecule has 3 aromatic rings. The molecule has 0 bridgehead atoms. The summed E-state index contributed by atoms with van der Waals surface area (Å²) in [5.74, 6) is -1.23. The average Bonchev–Trinajstić information content (AvgIpc) is 3.41. The molecule has 0 saturated carbocycles. The van der Waals surface area contributed by atoms with E-state index >= 15 is 0 Å². The third kappa shape index (κ3) is 4.16. The molecule has 2 aromatic heterocycles. The molecule has 186 valence electrons. The minimum atomic E-state index is -0.976. The van der Waals surface area contributed by atoms with E-state index < -0.39 is 29.7 Å². The summed E-state index contributed by atoms with van der Waals surface area (Å²) in [7, 11) is 0. The Hall–Kier alpha value is -4.28. The molecular weight excluding hydrogens is 462 g/mol. The highest BCUT2D eigenvalue weighted by Gasteiger charge is 2.45. The number of hydrogen-bond acceptors (Lipinski definition) is 8. The van der Waals surface area contributed by atoms with E-state index in [0.717, 1.165) is 47.6 Å². The van der Waals surface area contributed by atoms with Crippen molar-refractivity contribution in [2.45, 2.75) is 45.1 Å². The molecule has 1 saturated heterocycles. The van der Waals surface area contributed by atoms with Crippen LogP contribution in [0, 0.1) is 0 Å². The van der Waals surface area contributed by atoms with Crippen LogP contribution >= 0.6 is 0 Å². The van der Waals surface area contributed by atoms with Crippen LogP contribution in [0.1, 0.15) is 58.9 Å². The summed E-state index contributed by atoms with van der Waals surface area (Å²) in [5, 5.41) is 9.88. The molecule has 1 unspecified atom stereocenters. The number of hydrogen-bond donors (Lipinski definition) is 4. The minimum absolute atomic E-state index is 0.0906. The maximum absolute atomic E-state index is 13.2. The van der Waals surface area contributed by atoms with Crippen LogP contribution in [0.25, 0.3) is 11.0 Å². The molecule has 1 atom stereocenters. The Bertz CT molecular complexity index is 1370. The minimum Gasteiger partial charge on any atom is -0.384 e. The van der Waals surface area contributed by atoms with Gasteiger partial charge in [0.1, 0.15) is 23.8 Å². The fourth-order valence-electron chi connectivity index (χ4n) is 4.78. The molecule has 36 heavy (non-hydrogen) atoms. The molecule has 1 aromatic carbocycles. The topological polar surface area (TPSA) is 149 Å². The van der Waals surface area contributed by atoms with Crippen LogP contribution in [-0.2, 0) is 16.0 Å². The van der Waals surface area contributed by atoms with Crippen LogP contribution in [-0.4, -0.2) is 62.6 Å². The van der Waals surface area contributed by atoms with E-state index in [-0.39, 0.29) is 24.0 Å². The predicted octanol–water partition coefficient (Wildman–Crippen LogP) is 2.23. The maximum Gasteiger partial charge on any atom is 0.264 e. The number of H-pyrrole nitrogens is 1. The van der Waals surface area contributed by atoms with Gasteiger partial charge in [0.15, 0.2) is 0 Å². The highest BCUT2D eigenvalue weighted by molar-refractivity contribution is 6.25. The molecule has 2 aliphatic rings. The highest BCUT2D eigenvalue weighted by atomic mass is 16.2. The first-order chi connectivity index (χ1) is 17.5. The number of aromatic amines is 1. The monoisotopic (exact) mass is 489 g/mol. The van der Waals surface area contributed by atoms with E-state index in [4.69, 9.17) is 0 Å². The van der Waals surface area contributed by atoms with Crippen molar-refractivity contribution in [2.24, 2.45) is 0 Å². The van der Waals surface area contributed by atoms with Crippen molar-refractivity contribution in [3.63, 3.8) is 0 Å². The van der Waals surface area contributed by atoms with Gasteiger partial charge in [0.2, 0.25) is 11.8 Å². The summed E-state index contributed by atoms with van der Waals surface area (Å²) in [6, 6.07) is 4.08. The lowest BCUT2D eigenvalue weighted by Crippen LogP contribution is -2.54. The van der Waals surface area contributed by atoms with Gasteiger partial charge in [0.05, 0.1) is 16.5 Å². The molecule has 4 heterocycles. The van der Waals surface area contributed by atoms with Gasteiger partial charge in [0, 0.05) is 31.4 Å². The third-order valence-corrected chi connectivity index (χ3v) is 6.61. The molecule has 4 amide bonds. The number of nitrogens with one attached hydrogen (secondary N) is 4. The van der Waals surface area contributed by atoms with Gasteiger partial charge in [-0.2, -0.15) is 0 Å². The lowest BCUT2D eigenvalue weighted by Gasteiger charge is -2.27. The van der Waals surface area contributed by atoms with Gasteiger partial charge < -0.3 is 15.6 Å². The van der Waals surface area contributed by atoms with E-state index in [0.29, 0.717) is 12.2 Å². The Balaban J connectivity index is 1.18. The lowest BCUT2D eigenvalue weighted by molar-refractivity contribution is -0.136. The summed E-state index contributed by atoms with van der Waals surface area (Å²) >= 11 is 0. The number of aromatic nitrogens is 3. The SMILES string of the molecule is CCc1c[nH]c2ncnc(NCCCCNc3cccc4c3C(=O)N(C3CCC(=O)NC3=O)C4=O)c12. The van der Waals surface area contributed by atoms with Gasteiger partial charge in [0.25, 0.3) is 11.8 Å². The number of nitrogens with zero attached hydrogens (tertiary/aromatic N) is 3. The number of carbonyl (C=O) groups excluding carboxylic acids is 4. The number of anilines is 2. The lowest BCUT2D eigenvalue weighted by atomic mass is 10.0. The van der Waals surface area contributed by atoms with Crippen molar-refractivity contribution in [3.8, 4) is 0 Å². The fourth-order valence-corrected chi connectivity index (χ4v) is 4.78. The van der Waals surface area contributed by atoms with Crippen LogP contribution in [0.2, 0.25) is 0 Å². The standard InChI is InChI=1S/C25H27N7O4/c1-2-14-12-28-22-19(14)21(29-13-30-22)27-11-4-3-10-26-16-7-5-6-15-20(16)25(36)32(24(15)35)17-8-9-18(33)31-23(17)34/h5-7,12-13,17,26H,2-4,8-11H2,1H3,(H,31,33,34)(H2,27,28,29,30). The zero-order valence-corrected chi connectivity index (χ0v) is 19.9. The van der Waals surface area contributed by atoms with Gasteiger partial charge in [-0.3, -0.25) is 29.4 Å². The molecular formula is C25H27N7O4.